The lowest BCUT2D eigenvalue weighted by molar-refractivity contribution is 0.0492. The maximum atomic E-state index is 5.85. The Kier molecular flexibility index (Phi) is 3.65. The van der Waals surface area contributed by atoms with Crippen LogP contribution in [0, 0.1) is 6.92 Å². The van der Waals surface area contributed by atoms with E-state index < -0.39 is 0 Å². The van der Waals surface area contributed by atoms with Gasteiger partial charge in [0.2, 0.25) is 0 Å². The Balaban J connectivity index is 1.68. The fourth-order valence-electron chi connectivity index (χ4n) is 3.54. The third kappa shape index (κ3) is 2.57. The molecule has 0 bridgehead atoms. The summed E-state index contributed by atoms with van der Waals surface area (Å²) in [5.41, 5.74) is 6.87. The number of fused-ring (bicyclic) bond motifs is 1. The van der Waals surface area contributed by atoms with Crippen LogP contribution in [0.25, 0.3) is 0 Å². The Labute approximate surface area is 115 Å². The quantitative estimate of drug-likeness (QED) is 0.902. The van der Waals surface area contributed by atoms with Crippen molar-refractivity contribution >= 4 is 0 Å². The molecule has 0 amide bonds. The standard InChI is InChI=1S/C15H25N3O/c1-11-6-14(19-15(11)7-16)10-18-9-13-4-3-5-17(13)8-12(18)2/h6,12-13H,3-5,7-10,16H2,1-2H3. The minimum atomic E-state index is 0.498. The first-order chi connectivity index (χ1) is 9.17. The highest BCUT2D eigenvalue weighted by atomic mass is 16.3. The van der Waals surface area contributed by atoms with Crippen LogP contribution in [0.4, 0.5) is 0 Å². The van der Waals surface area contributed by atoms with Crippen molar-refractivity contribution in [1.29, 1.82) is 0 Å². The van der Waals surface area contributed by atoms with Crippen LogP contribution in [0.3, 0.4) is 0 Å². The van der Waals surface area contributed by atoms with Gasteiger partial charge >= 0.3 is 0 Å². The number of hydrogen-bond donors (Lipinski definition) is 1. The second kappa shape index (κ2) is 5.27. The van der Waals surface area contributed by atoms with Crippen molar-refractivity contribution in [2.24, 2.45) is 5.73 Å². The Morgan fingerprint density at radius 3 is 3.00 bits per heavy atom. The summed E-state index contributed by atoms with van der Waals surface area (Å²) in [5.74, 6) is 2.00. The summed E-state index contributed by atoms with van der Waals surface area (Å²) in [4.78, 5) is 5.21. The molecule has 4 nitrogen and oxygen atoms in total. The van der Waals surface area contributed by atoms with Gasteiger partial charge in [-0.3, -0.25) is 9.80 Å². The smallest absolute Gasteiger partial charge is 0.120 e. The van der Waals surface area contributed by atoms with Crippen LogP contribution in [0.1, 0.15) is 36.8 Å². The Hall–Kier alpha value is -0.840. The molecule has 2 fully saturated rings. The van der Waals surface area contributed by atoms with Crippen LogP contribution in [-0.2, 0) is 13.1 Å². The minimum Gasteiger partial charge on any atom is -0.463 e. The van der Waals surface area contributed by atoms with Crippen LogP contribution in [0.2, 0.25) is 0 Å². The molecular weight excluding hydrogens is 238 g/mol. The Bertz CT molecular complexity index is 443. The van der Waals surface area contributed by atoms with Crippen LogP contribution in [-0.4, -0.2) is 41.5 Å². The van der Waals surface area contributed by atoms with Gasteiger partial charge in [-0.15, -0.1) is 0 Å². The maximum absolute atomic E-state index is 5.85. The first-order valence-electron chi connectivity index (χ1n) is 7.43. The Morgan fingerprint density at radius 1 is 1.42 bits per heavy atom. The number of piperazine rings is 1. The molecule has 2 N–H and O–H groups in total. The lowest BCUT2D eigenvalue weighted by atomic mass is 10.1. The molecule has 0 saturated carbocycles. The summed E-state index contributed by atoms with van der Waals surface area (Å²) in [6.45, 7) is 9.50. The molecule has 1 aromatic heterocycles. The van der Waals surface area contributed by atoms with E-state index in [-0.39, 0.29) is 0 Å². The number of aryl methyl sites for hydroxylation is 1. The van der Waals surface area contributed by atoms with Gasteiger partial charge in [0.25, 0.3) is 0 Å². The zero-order valence-electron chi connectivity index (χ0n) is 12.1. The molecule has 19 heavy (non-hydrogen) atoms. The van der Waals surface area contributed by atoms with Gasteiger partial charge in [-0.25, -0.2) is 0 Å². The zero-order valence-corrected chi connectivity index (χ0v) is 12.1. The third-order valence-electron chi connectivity index (χ3n) is 4.68. The average Bonchev–Trinajstić information content (AvgIpc) is 2.96. The van der Waals surface area contributed by atoms with E-state index in [1.165, 1.54) is 38.0 Å². The number of hydrogen-bond acceptors (Lipinski definition) is 4. The van der Waals surface area contributed by atoms with Crippen molar-refractivity contribution in [2.75, 3.05) is 19.6 Å². The first kappa shape index (κ1) is 13.2. The molecule has 106 valence electrons. The van der Waals surface area contributed by atoms with E-state index in [9.17, 15) is 0 Å². The van der Waals surface area contributed by atoms with Crippen molar-refractivity contribution < 1.29 is 4.42 Å². The van der Waals surface area contributed by atoms with Crippen molar-refractivity contribution in [3.63, 3.8) is 0 Å². The second-order valence-corrected chi connectivity index (χ2v) is 6.09. The summed E-state index contributed by atoms with van der Waals surface area (Å²) in [5, 5.41) is 0. The highest BCUT2D eigenvalue weighted by Gasteiger charge is 2.34. The topological polar surface area (TPSA) is 45.6 Å². The highest BCUT2D eigenvalue weighted by Crippen LogP contribution is 2.26. The molecule has 4 heteroatoms. The van der Waals surface area contributed by atoms with Crippen molar-refractivity contribution in [3.05, 3.63) is 23.2 Å². The van der Waals surface area contributed by atoms with Gasteiger partial charge in [-0.2, -0.15) is 0 Å². The van der Waals surface area contributed by atoms with Crippen LogP contribution >= 0.6 is 0 Å². The Morgan fingerprint density at radius 2 is 2.26 bits per heavy atom. The second-order valence-electron chi connectivity index (χ2n) is 6.09. The fraction of sp³-hybridized carbons (Fsp3) is 0.733. The lowest BCUT2D eigenvalue weighted by Gasteiger charge is -2.41. The number of rotatable bonds is 3. The molecule has 0 aliphatic carbocycles. The van der Waals surface area contributed by atoms with E-state index in [4.69, 9.17) is 10.2 Å². The number of nitrogens with zero attached hydrogens (tertiary/aromatic N) is 2. The molecule has 3 heterocycles. The average molecular weight is 263 g/mol. The molecular formula is C15H25N3O. The van der Waals surface area contributed by atoms with Crippen LogP contribution in [0.5, 0.6) is 0 Å². The lowest BCUT2D eigenvalue weighted by Crippen LogP contribution is -2.54. The van der Waals surface area contributed by atoms with Gasteiger partial charge in [-0.1, -0.05) is 0 Å². The van der Waals surface area contributed by atoms with E-state index in [2.05, 4.69) is 29.7 Å². The molecule has 0 aromatic carbocycles. The SMILES string of the molecule is Cc1cc(CN2CC3CCCN3CC2C)oc1CN. The predicted octanol–water partition coefficient (Wildman–Crippen LogP) is 1.72. The molecule has 2 aliphatic heterocycles. The van der Waals surface area contributed by atoms with Gasteiger partial charge in [0.1, 0.15) is 11.5 Å². The number of furan rings is 1. The zero-order chi connectivity index (χ0) is 13.4. The maximum Gasteiger partial charge on any atom is 0.120 e. The van der Waals surface area contributed by atoms with Gasteiger partial charge in [-0.05, 0) is 44.9 Å². The summed E-state index contributed by atoms with van der Waals surface area (Å²) in [6, 6.07) is 3.53. The van der Waals surface area contributed by atoms with E-state index in [0.717, 1.165) is 24.1 Å². The highest BCUT2D eigenvalue weighted by molar-refractivity contribution is 5.20. The predicted molar refractivity (Wildman–Crippen MR) is 75.8 cm³/mol. The van der Waals surface area contributed by atoms with Gasteiger partial charge < -0.3 is 10.2 Å². The summed E-state index contributed by atoms with van der Waals surface area (Å²) < 4.78 is 5.85. The van der Waals surface area contributed by atoms with Gasteiger partial charge in [0.05, 0.1) is 13.1 Å². The van der Waals surface area contributed by atoms with Crippen LogP contribution in [0.15, 0.2) is 10.5 Å². The fourth-order valence-corrected chi connectivity index (χ4v) is 3.54. The molecule has 1 aromatic rings. The molecule has 2 atom stereocenters. The van der Waals surface area contributed by atoms with E-state index >= 15 is 0 Å². The molecule has 2 aliphatic rings. The normalized spacial score (nSPS) is 28.8. The molecule has 0 spiro atoms. The largest absolute Gasteiger partial charge is 0.463 e. The molecule has 0 radical (unpaired) electrons. The van der Waals surface area contributed by atoms with E-state index in [1.54, 1.807) is 0 Å². The van der Waals surface area contributed by atoms with Crippen molar-refractivity contribution in [1.82, 2.24) is 9.80 Å². The molecule has 3 rings (SSSR count). The summed E-state index contributed by atoms with van der Waals surface area (Å²) in [6.07, 6.45) is 2.72. The third-order valence-corrected chi connectivity index (χ3v) is 4.68. The van der Waals surface area contributed by atoms with E-state index in [0.29, 0.717) is 12.6 Å². The monoisotopic (exact) mass is 263 g/mol. The van der Waals surface area contributed by atoms with Crippen LogP contribution < -0.4 is 5.73 Å². The van der Waals surface area contributed by atoms with Gasteiger partial charge in [0.15, 0.2) is 0 Å². The van der Waals surface area contributed by atoms with Gasteiger partial charge in [0, 0.05) is 25.2 Å². The molecule has 2 saturated heterocycles. The minimum absolute atomic E-state index is 0.498. The number of nitrogens with two attached hydrogens (primary N) is 1. The van der Waals surface area contributed by atoms with Crippen molar-refractivity contribution in [2.45, 2.75) is 51.9 Å². The first-order valence-corrected chi connectivity index (χ1v) is 7.43. The molecule has 2 unspecified atom stereocenters. The van der Waals surface area contributed by atoms with E-state index in [1.807, 2.05) is 0 Å². The summed E-state index contributed by atoms with van der Waals surface area (Å²) in [7, 11) is 0. The summed E-state index contributed by atoms with van der Waals surface area (Å²) >= 11 is 0. The van der Waals surface area contributed by atoms with Crippen molar-refractivity contribution in [3.8, 4) is 0 Å².